The third-order valence-corrected chi connectivity index (χ3v) is 4.72. The van der Waals surface area contributed by atoms with Gasteiger partial charge in [0.2, 0.25) is 0 Å². The molecule has 1 heterocycles. The van der Waals surface area contributed by atoms with E-state index in [0.29, 0.717) is 13.0 Å². The predicted molar refractivity (Wildman–Crippen MR) is 94.2 cm³/mol. The highest BCUT2D eigenvalue weighted by Crippen LogP contribution is 2.35. The van der Waals surface area contributed by atoms with Gasteiger partial charge in [0.1, 0.15) is 6.04 Å². The number of methoxy groups -OCH3 is 1. The van der Waals surface area contributed by atoms with Crippen LogP contribution in [-0.2, 0) is 19.7 Å². The van der Waals surface area contributed by atoms with Gasteiger partial charge in [-0.2, -0.15) is 0 Å². The Balaban J connectivity index is 2.05. The monoisotopic (exact) mass is 333 g/mol. The Morgan fingerprint density at radius 2 is 2.04 bits per heavy atom. The van der Waals surface area contributed by atoms with Gasteiger partial charge in [-0.3, -0.25) is 4.79 Å². The normalized spacial score (nSPS) is 18.6. The minimum Gasteiger partial charge on any atom is -0.480 e. The van der Waals surface area contributed by atoms with Crippen LogP contribution in [0, 0.1) is 0 Å². The van der Waals surface area contributed by atoms with Gasteiger partial charge in [-0.25, -0.2) is 0 Å². The predicted octanol–water partition coefficient (Wildman–Crippen LogP) is 2.46. The second-order valence-corrected chi connectivity index (χ2v) is 6.27. The first-order valence-electron chi connectivity index (χ1n) is 8.35. The molecule has 1 atom stereocenters. The van der Waals surface area contributed by atoms with Gasteiger partial charge >= 0.3 is 5.97 Å². The van der Waals surface area contributed by atoms with Crippen LogP contribution in [0.1, 0.15) is 30.4 Å². The van der Waals surface area contributed by atoms with E-state index < -0.39 is 12.0 Å². The highest BCUT2D eigenvalue weighted by molar-refractivity contribution is 5.73. The number of rotatable bonds is 8. The molecule has 0 aliphatic carbocycles. The average molecular weight is 333 g/mol. The van der Waals surface area contributed by atoms with Crippen molar-refractivity contribution in [1.29, 1.82) is 0 Å². The molecular weight excluding hydrogens is 306 g/mol. The molecule has 1 fully saturated rings. The summed E-state index contributed by atoms with van der Waals surface area (Å²) in [5, 5.41) is 11.8. The minimum atomic E-state index is -0.835. The van der Waals surface area contributed by atoms with Crippen molar-refractivity contribution >= 4 is 12.0 Å². The zero-order valence-electron chi connectivity index (χ0n) is 14.5. The maximum absolute atomic E-state index is 11.0. The zero-order chi connectivity index (χ0) is 17.4. The Hall–Kier alpha value is -1.69. The largest absolute Gasteiger partial charge is 0.480 e. The van der Waals surface area contributed by atoms with Crippen LogP contribution in [0.25, 0.3) is 6.08 Å². The van der Waals surface area contributed by atoms with Crippen molar-refractivity contribution in [1.82, 2.24) is 5.32 Å². The molecule has 1 aromatic rings. The van der Waals surface area contributed by atoms with E-state index in [-0.39, 0.29) is 5.41 Å². The van der Waals surface area contributed by atoms with Crippen LogP contribution in [0.5, 0.6) is 0 Å². The molecule has 2 rings (SSSR count). The average Bonchev–Trinajstić information content (AvgIpc) is 2.60. The molecule has 5 heteroatoms. The standard InChI is InChI=1S/C19H27NO4/c1-20-17(18(21)22)5-3-4-15-6-8-16(9-7-15)19(14-23-2)10-12-24-13-11-19/h3-4,6-9,17,20H,5,10-14H2,1-2H3,(H,21,22)/b4-3+. The van der Waals surface area contributed by atoms with Gasteiger partial charge in [-0.1, -0.05) is 36.4 Å². The number of nitrogens with one attached hydrogen (secondary N) is 1. The van der Waals surface area contributed by atoms with Gasteiger partial charge in [0.05, 0.1) is 6.61 Å². The first-order valence-corrected chi connectivity index (χ1v) is 8.35. The summed E-state index contributed by atoms with van der Waals surface area (Å²) in [7, 11) is 3.40. The van der Waals surface area contributed by atoms with Crippen LogP contribution in [0.2, 0.25) is 0 Å². The van der Waals surface area contributed by atoms with Crippen molar-refractivity contribution in [3.63, 3.8) is 0 Å². The molecule has 1 saturated heterocycles. The second-order valence-electron chi connectivity index (χ2n) is 6.27. The van der Waals surface area contributed by atoms with E-state index >= 15 is 0 Å². The maximum atomic E-state index is 11.0. The molecule has 1 aromatic carbocycles. The van der Waals surface area contributed by atoms with E-state index in [1.54, 1.807) is 14.2 Å². The van der Waals surface area contributed by atoms with Gasteiger partial charge < -0.3 is 19.9 Å². The smallest absolute Gasteiger partial charge is 0.321 e. The molecule has 0 amide bonds. The Bertz CT molecular complexity index is 541. The fraction of sp³-hybridized carbons (Fsp3) is 0.526. The number of carboxylic acids is 1. The number of carbonyl (C=O) groups is 1. The van der Waals surface area contributed by atoms with Crippen molar-refractivity contribution in [3.05, 3.63) is 41.5 Å². The molecule has 0 bridgehead atoms. The summed E-state index contributed by atoms with van der Waals surface area (Å²) >= 11 is 0. The quantitative estimate of drug-likeness (QED) is 0.765. The highest BCUT2D eigenvalue weighted by Gasteiger charge is 2.34. The number of aliphatic carboxylic acids is 1. The number of hydrogen-bond donors (Lipinski definition) is 2. The third kappa shape index (κ3) is 4.66. The summed E-state index contributed by atoms with van der Waals surface area (Å²) in [6, 6.07) is 7.91. The Labute approximate surface area is 143 Å². The highest BCUT2D eigenvalue weighted by atomic mass is 16.5. The van der Waals surface area contributed by atoms with Crippen LogP contribution in [0.4, 0.5) is 0 Å². The fourth-order valence-corrected chi connectivity index (χ4v) is 3.18. The van der Waals surface area contributed by atoms with Crippen molar-refractivity contribution < 1.29 is 19.4 Å². The van der Waals surface area contributed by atoms with Crippen molar-refractivity contribution in [3.8, 4) is 0 Å². The van der Waals surface area contributed by atoms with Crippen LogP contribution < -0.4 is 5.32 Å². The summed E-state index contributed by atoms with van der Waals surface area (Å²) in [5.41, 5.74) is 2.39. The van der Waals surface area contributed by atoms with Crippen LogP contribution in [0.3, 0.4) is 0 Å². The number of hydrogen-bond acceptors (Lipinski definition) is 4. The summed E-state index contributed by atoms with van der Waals surface area (Å²) in [5.74, 6) is -0.835. The molecule has 5 nitrogen and oxygen atoms in total. The number of benzene rings is 1. The molecule has 132 valence electrons. The van der Waals surface area contributed by atoms with E-state index in [1.807, 2.05) is 12.2 Å². The molecule has 0 aromatic heterocycles. The number of likely N-dealkylation sites (N-methyl/N-ethyl adjacent to an activating group) is 1. The Morgan fingerprint density at radius 3 is 2.58 bits per heavy atom. The van der Waals surface area contributed by atoms with Crippen LogP contribution >= 0.6 is 0 Å². The maximum Gasteiger partial charge on any atom is 0.321 e. The number of ether oxygens (including phenoxy) is 2. The number of carboxylic acid groups (broad SMARTS) is 1. The molecular formula is C19H27NO4. The lowest BCUT2D eigenvalue weighted by Crippen LogP contribution is -2.37. The molecule has 0 radical (unpaired) electrons. The summed E-state index contributed by atoms with van der Waals surface area (Å²) < 4.78 is 11.0. The van der Waals surface area contributed by atoms with Gasteiger partial charge in [0, 0.05) is 25.7 Å². The first kappa shape index (κ1) is 18.6. The Kier molecular flexibility index (Phi) is 6.97. The third-order valence-electron chi connectivity index (χ3n) is 4.72. The van der Waals surface area contributed by atoms with E-state index in [1.165, 1.54) is 5.56 Å². The molecule has 24 heavy (non-hydrogen) atoms. The summed E-state index contributed by atoms with van der Waals surface area (Å²) in [4.78, 5) is 11.0. The first-order chi connectivity index (χ1) is 11.6. The van der Waals surface area contributed by atoms with Gasteiger partial charge in [-0.05, 0) is 37.4 Å². The zero-order valence-corrected chi connectivity index (χ0v) is 14.5. The SMILES string of the molecule is CNC(C/C=C/c1ccc(C2(COC)CCOCC2)cc1)C(=O)O. The second kappa shape index (κ2) is 8.97. The fourth-order valence-electron chi connectivity index (χ4n) is 3.18. The molecule has 0 saturated carbocycles. The van der Waals surface area contributed by atoms with E-state index in [4.69, 9.17) is 14.6 Å². The van der Waals surface area contributed by atoms with Gasteiger partial charge in [0.15, 0.2) is 0 Å². The van der Waals surface area contributed by atoms with Gasteiger partial charge in [0.25, 0.3) is 0 Å². The van der Waals surface area contributed by atoms with Crippen molar-refractivity contribution in [2.45, 2.75) is 30.7 Å². The van der Waals surface area contributed by atoms with Crippen molar-refractivity contribution in [2.75, 3.05) is 34.0 Å². The molecule has 1 aliphatic rings. The summed E-state index contributed by atoms with van der Waals surface area (Å²) in [6.45, 7) is 2.24. The van der Waals surface area contributed by atoms with Gasteiger partial charge in [-0.15, -0.1) is 0 Å². The molecule has 2 N–H and O–H groups in total. The minimum absolute atomic E-state index is 0.0375. The van der Waals surface area contributed by atoms with Crippen LogP contribution in [-0.4, -0.2) is 51.1 Å². The van der Waals surface area contributed by atoms with Crippen molar-refractivity contribution in [2.24, 2.45) is 0 Å². The lowest BCUT2D eigenvalue weighted by atomic mass is 9.74. The van der Waals surface area contributed by atoms with Crippen LogP contribution in [0.15, 0.2) is 30.3 Å². The topological polar surface area (TPSA) is 67.8 Å². The lowest BCUT2D eigenvalue weighted by molar-refractivity contribution is -0.139. The molecule has 1 aliphatic heterocycles. The summed E-state index contributed by atoms with van der Waals surface area (Å²) in [6.07, 6.45) is 6.25. The van der Waals surface area contributed by atoms with E-state index in [9.17, 15) is 4.79 Å². The Morgan fingerprint density at radius 1 is 1.38 bits per heavy atom. The molecule has 0 spiro atoms. The lowest BCUT2D eigenvalue weighted by Gasteiger charge is -2.37. The van der Waals surface area contributed by atoms with E-state index in [0.717, 1.165) is 31.6 Å². The van der Waals surface area contributed by atoms with E-state index in [2.05, 4.69) is 29.6 Å². The molecule has 1 unspecified atom stereocenters.